The van der Waals surface area contributed by atoms with Crippen LogP contribution in [0.3, 0.4) is 0 Å². The minimum absolute atomic E-state index is 0.133. The molecule has 0 N–H and O–H groups in total. The summed E-state index contributed by atoms with van der Waals surface area (Å²) in [5.74, 6) is -4.94. The molecule has 0 saturated heterocycles. The van der Waals surface area contributed by atoms with Crippen LogP contribution in [-0.2, 0) is 10.7 Å². The first-order valence-corrected chi connectivity index (χ1v) is 9.48. The normalized spacial score (nSPS) is 14.4. The SMILES string of the molecule is N#Cc1ccc(-n2cc(N3C(=O)C(F)(F)c4ccccc43)c(-c3ccccc3)n2)cc1. The molecule has 5 nitrogen and oxygen atoms in total. The second-order valence-electron chi connectivity index (χ2n) is 7.06. The molecule has 0 saturated carbocycles. The van der Waals surface area contributed by atoms with Gasteiger partial charge in [-0.3, -0.25) is 9.69 Å². The van der Waals surface area contributed by atoms with Gasteiger partial charge >= 0.3 is 11.8 Å². The molecule has 31 heavy (non-hydrogen) atoms. The molecule has 1 amide bonds. The van der Waals surface area contributed by atoms with Crippen molar-refractivity contribution in [3.8, 4) is 23.0 Å². The Bertz CT molecular complexity index is 1340. The number of anilines is 2. The summed E-state index contributed by atoms with van der Waals surface area (Å²) in [6.45, 7) is 0. The summed E-state index contributed by atoms with van der Waals surface area (Å²) in [5, 5.41) is 13.6. The first kappa shape index (κ1) is 18.7. The van der Waals surface area contributed by atoms with Gasteiger partial charge in [0.25, 0.3) is 0 Å². The van der Waals surface area contributed by atoms with Gasteiger partial charge in [0.05, 0.1) is 40.5 Å². The Morgan fingerprint density at radius 1 is 0.871 bits per heavy atom. The quantitative estimate of drug-likeness (QED) is 0.466. The number of nitriles is 1. The molecular weight excluding hydrogens is 398 g/mol. The van der Waals surface area contributed by atoms with Crippen LogP contribution in [0.15, 0.2) is 85.1 Å². The molecule has 5 rings (SSSR count). The van der Waals surface area contributed by atoms with Crippen LogP contribution in [0.25, 0.3) is 16.9 Å². The van der Waals surface area contributed by atoms with E-state index in [1.807, 2.05) is 18.2 Å². The summed E-state index contributed by atoms with van der Waals surface area (Å²) >= 11 is 0. The average molecular weight is 412 g/mol. The van der Waals surface area contributed by atoms with E-state index in [0.717, 1.165) is 4.90 Å². The van der Waals surface area contributed by atoms with Crippen molar-refractivity contribution in [2.24, 2.45) is 0 Å². The molecule has 2 heterocycles. The fraction of sp³-hybridized carbons (Fsp3) is 0.0417. The first-order chi connectivity index (χ1) is 15.0. The van der Waals surface area contributed by atoms with Gasteiger partial charge in [-0.05, 0) is 30.3 Å². The molecule has 0 bridgehead atoms. The van der Waals surface area contributed by atoms with Crippen molar-refractivity contribution in [3.63, 3.8) is 0 Å². The van der Waals surface area contributed by atoms with Gasteiger partial charge in [-0.1, -0.05) is 48.5 Å². The van der Waals surface area contributed by atoms with E-state index in [-0.39, 0.29) is 16.9 Å². The van der Waals surface area contributed by atoms with Crippen LogP contribution >= 0.6 is 0 Å². The highest BCUT2D eigenvalue weighted by atomic mass is 19.3. The van der Waals surface area contributed by atoms with Crippen molar-refractivity contribution < 1.29 is 13.6 Å². The Balaban J connectivity index is 1.72. The molecule has 0 unspecified atom stereocenters. The summed E-state index contributed by atoms with van der Waals surface area (Å²) in [6.07, 6.45) is 1.56. The Morgan fingerprint density at radius 2 is 1.55 bits per heavy atom. The molecule has 1 aliphatic rings. The molecule has 150 valence electrons. The highest BCUT2D eigenvalue weighted by Gasteiger charge is 2.54. The maximum absolute atomic E-state index is 14.8. The van der Waals surface area contributed by atoms with Crippen molar-refractivity contribution in [1.29, 1.82) is 5.26 Å². The van der Waals surface area contributed by atoms with Crippen LogP contribution in [0.1, 0.15) is 11.1 Å². The number of hydrogen-bond acceptors (Lipinski definition) is 3. The van der Waals surface area contributed by atoms with Crippen molar-refractivity contribution in [2.45, 2.75) is 5.92 Å². The molecule has 3 aromatic carbocycles. The Kier molecular flexibility index (Phi) is 4.15. The second-order valence-corrected chi connectivity index (χ2v) is 7.06. The molecule has 1 aromatic heterocycles. The zero-order valence-electron chi connectivity index (χ0n) is 16.0. The van der Waals surface area contributed by atoms with Crippen LogP contribution in [-0.4, -0.2) is 15.7 Å². The molecule has 1 aliphatic heterocycles. The average Bonchev–Trinajstić information content (AvgIpc) is 3.32. The lowest BCUT2D eigenvalue weighted by atomic mass is 10.1. The molecule has 0 fully saturated rings. The number of fused-ring (bicyclic) bond motifs is 1. The van der Waals surface area contributed by atoms with E-state index in [4.69, 9.17) is 5.26 Å². The van der Waals surface area contributed by atoms with Crippen LogP contribution in [0, 0.1) is 11.3 Å². The number of hydrogen-bond donors (Lipinski definition) is 0. The molecular formula is C24H14F2N4O. The maximum Gasteiger partial charge on any atom is 0.352 e. The predicted octanol–water partition coefficient (Wildman–Crippen LogP) is 5.18. The van der Waals surface area contributed by atoms with E-state index < -0.39 is 11.8 Å². The molecule has 0 radical (unpaired) electrons. The molecule has 0 aliphatic carbocycles. The van der Waals surface area contributed by atoms with Gasteiger partial charge in [0.2, 0.25) is 0 Å². The standard InChI is InChI=1S/C24H14F2N4O/c25-24(26)19-8-4-5-9-20(19)30(23(24)31)21-15-29(18-12-10-16(14-27)11-13-18)28-22(21)17-6-2-1-3-7-17/h1-13,15H. The third-order valence-corrected chi connectivity index (χ3v) is 5.20. The van der Waals surface area contributed by atoms with Crippen molar-refractivity contribution >= 4 is 17.3 Å². The fourth-order valence-electron chi connectivity index (χ4n) is 3.69. The van der Waals surface area contributed by atoms with E-state index in [2.05, 4.69) is 11.2 Å². The zero-order chi connectivity index (χ0) is 21.6. The number of carbonyl (C=O) groups is 1. The molecule has 0 spiro atoms. The number of carbonyl (C=O) groups excluding carboxylic acids is 1. The monoisotopic (exact) mass is 412 g/mol. The summed E-state index contributed by atoms with van der Waals surface area (Å²) in [7, 11) is 0. The number of para-hydroxylation sites is 1. The van der Waals surface area contributed by atoms with Gasteiger partial charge in [-0.15, -0.1) is 0 Å². The number of halogens is 2. The third-order valence-electron chi connectivity index (χ3n) is 5.20. The lowest BCUT2D eigenvalue weighted by molar-refractivity contribution is -0.140. The molecule has 4 aromatic rings. The number of nitrogens with zero attached hydrogens (tertiary/aromatic N) is 4. The first-order valence-electron chi connectivity index (χ1n) is 9.48. The Hall–Kier alpha value is -4.31. The number of aromatic nitrogens is 2. The summed E-state index contributed by atoms with van der Waals surface area (Å²) in [6, 6.07) is 23.7. The van der Waals surface area contributed by atoms with Crippen molar-refractivity contribution in [1.82, 2.24) is 9.78 Å². The Morgan fingerprint density at radius 3 is 2.26 bits per heavy atom. The number of alkyl halides is 2. The van der Waals surface area contributed by atoms with E-state index in [1.54, 1.807) is 48.7 Å². The molecule has 7 heteroatoms. The van der Waals surface area contributed by atoms with E-state index in [1.165, 1.54) is 22.9 Å². The van der Waals surface area contributed by atoms with Crippen LogP contribution in [0.2, 0.25) is 0 Å². The zero-order valence-corrected chi connectivity index (χ0v) is 16.0. The second kappa shape index (κ2) is 6.89. The highest BCUT2D eigenvalue weighted by Crippen LogP contribution is 2.49. The van der Waals surface area contributed by atoms with Gasteiger partial charge in [-0.25, -0.2) is 4.68 Å². The van der Waals surface area contributed by atoms with E-state index >= 15 is 0 Å². The van der Waals surface area contributed by atoms with Gasteiger partial charge in [0, 0.05) is 5.56 Å². The van der Waals surface area contributed by atoms with E-state index in [9.17, 15) is 13.6 Å². The topological polar surface area (TPSA) is 61.9 Å². The fourth-order valence-corrected chi connectivity index (χ4v) is 3.69. The van der Waals surface area contributed by atoms with Gasteiger partial charge < -0.3 is 0 Å². The predicted molar refractivity (Wildman–Crippen MR) is 111 cm³/mol. The highest BCUT2D eigenvalue weighted by molar-refractivity contribution is 6.12. The van der Waals surface area contributed by atoms with Crippen LogP contribution < -0.4 is 4.90 Å². The molecule has 0 atom stereocenters. The largest absolute Gasteiger partial charge is 0.352 e. The smallest absolute Gasteiger partial charge is 0.271 e. The Labute approximate surface area is 176 Å². The van der Waals surface area contributed by atoms with Gasteiger partial charge in [0.15, 0.2) is 0 Å². The lowest BCUT2D eigenvalue weighted by Crippen LogP contribution is -2.31. The maximum atomic E-state index is 14.8. The summed E-state index contributed by atoms with van der Waals surface area (Å²) < 4.78 is 31.0. The van der Waals surface area contributed by atoms with Crippen molar-refractivity contribution in [2.75, 3.05) is 4.90 Å². The van der Waals surface area contributed by atoms with Crippen molar-refractivity contribution in [3.05, 3.63) is 96.2 Å². The summed E-state index contributed by atoms with van der Waals surface area (Å²) in [4.78, 5) is 13.8. The van der Waals surface area contributed by atoms with E-state index in [0.29, 0.717) is 22.5 Å². The van der Waals surface area contributed by atoms with Crippen LogP contribution in [0.4, 0.5) is 20.2 Å². The van der Waals surface area contributed by atoms with Gasteiger partial charge in [-0.2, -0.15) is 19.1 Å². The number of amides is 1. The van der Waals surface area contributed by atoms with Gasteiger partial charge in [0.1, 0.15) is 5.69 Å². The number of rotatable bonds is 3. The summed E-state index contributed by atoms with van der Waals surface area (Å²) in [5.41, 5.74) is 2.26. The minimum atomic E-state index is -3.62. The lowest BCUT2D eigenvalue weighted by Gasteiger charge is -2.17. The third kappa shape index (κ3) is 2.89. The van der Waals surface area contributed by atoms with Crippen LogP contribution in [0.5, 0.6) is 0 Å². The minimum Gasteiger partial charge on any atom is -0.271 e. The number of benzene rings is 3.